The Labute approximate surface area is 188 Å². The molecule has 1 aromatic heterocycles. The standard InChI is InChI=1S/C20H28N6O2.HI/c1-3-28-20(27)25-11-9-17(10-12-25)24-19(21-2)22-13-16-14-23-26(15-16)18-7-5-4-6-8-18;/h4-8,14-15,17H,3,9-13H2,1-2H3,(H2,21,22,24);1H. The second-order valence-electron chi connectivity index (χ2n) is 6.66. The molecule has 0 aliphatic carbocycles. The van der Waals surface area contributed by atoms with Gasteiger partial charge in [0.05, 0.1) is 18.5 Å². The Morgan fingerprint density at radius 1 is 1.28 bits per heavy atom. The molecule has 0 radical (unpaired) electrons. The number of halogens is 1. The van der Waals surface area contributed by atoms with Crippen LogP contribution in [0.15, 0.2) is 47.7 Å². The number of ether oxygens (including phenoxy) is 1. The van der Waals surface area contributed by atoms with Crippen molar-refractivity contribution < 1.29 is 9.53 Å². The van der Waals surface area contributed by atoms with Crippen molar-refractivity contribution in [2.24, 2.45) is 4.99 Å². The molecule has 1 aliphatic rings. The molecular formula is C20H29IN6O2. The van der Waals surface area contributed by atoms with Crippen molar-refractivity contribution in [3.63, 3.8) is 0 Å². The van der Waals surface area contributed by atoms with Crippen molar-refractivity contribution in [1.82, 2.24) is 25.3 Å². The van der Waals surface area contributed by atoms with Crippen LogP contribution in [-0.4, -0.2) is 59.5 Å². The number of aromatic nitrogens is 2. The maximum Gasteiger partial charge on any atom is 0.409 e. The molecule has 2 heterocycles. The molecule has 1 aromatic carbocycles. The number of aliphatic imine (C=N–C) groups is 1. The Morgan fingerprint density at radius 3 is 2.66 bits per heavy atom. The van der Waals surface area contributed by atoms with Crippen LogP contribution in [0.3, 0.4) is 0 Å². The fourth-order valence-electron chi connectivity index (χ4n) is 3.17. The van der Waals surface area contributed by atoms with E-state index in [1.165, 1.54) is 0 Å². The molecule has 29 heavy (non-hydrogen) atoms. The Morgan fingerprint density at radius 2 is 2.00 bits per heavy atom. The Bertz CT molecular complexity index is 787. The molecule has 0 atom stereocenters. The second-order valence-corrected chi connectivity index (χ2v) is 6.66. The molecule has 1 aliphatic heterocycles. The molecule has 1 fully saturated rings. The lowest BCUT2D eigenvalue weighted by atomic mass is 10.1. The summed E-state index contributed by atoms with van der Waals surface area (Å²) in [5, 5.41) is 11.2. The molecule has 9 heteroatoms. The van der Waals surface area contributed by atoms with E-state index in [0.29, 0.717) is 26.2 Å². The third kappa shape index (κ3) is 6.62. The molecule has 0 saturated carbocycles. The van der Waals surface area contributed by atoms with Crippen LogP contribution < -0.4 is 10.6 Å². The third-order valence-corrected chi connectivity index (χ3v) is 4.70. The predicted molar refractivity (Wildman–Crippen MR) is 124 cm³/mol. The zero-order chi connectivity index (χ0) is 19.8. The maximum atomic E-state index is 11.8. The van der Waals surface area contributed by atoms with E-state index in [9.17, 15) is 4.79 Å². The van der Waals surface area contributed by atoms with Gasteiger partial charge in [-0.05, 0) is 31.9 Å². The molecule has 1 amide bonds. The van der Waals surface area contributed by atoms with E-state index in [-0.39, 0.29) is 36.1 Å². The fraction of sp³-hybridized carbons (Fsp3) is 0.450. The number of piperidine rings is 1. The van der Waals surface area contributed by atoms with Crippen LogP contribution in [0.4, 0.5) is 4.79 Å². The van der Waals surface area contributed by atoms with Gasteiger partial charge in [0.1, 0.15) is 0 Å². The number of hydrogen-bond donors (Lipinski definition) is 2. The molecule has 0 unspecified atom stereocenters. The van der Waals surface area contributed by atoms with Crippen LogP contribution in [0.5, 0.6) is 0 Å². The van der Waals surface area contributed by atoms with E-state index >= 15 is 0 Å². The lowest BCUT2D eigenvalue weighted by Gasteiger charge is -2.32. The molecule has 0 spiro atoms. The number of nitrogens with zero attached hydrogens (tertiary/aromatic N) is 4. The van der Waals surface area contributed by atoms with E-state index < -0.39 is 0 Å². The monoisotopic (exact) mass is 512 g/mol. The average molecular weight is 512 g/mol. The predicted octanol–water partition coefficient (Wildman–Crippen LogP) is 2.78. The highest BCUT2D eigenvalue weighted by atomic mass is 127. The zero-order valence-electron chi connectivity index (χ0n) is 16.9. The largest absolute Gasteiger partial charge is 0.450 e. The minimum atomic E-state index is -0.223. The Hall–Kier alpha value is -2.30. The van der Waals surface area contributed by atoms with Gasteiger partial charge in [0.15, 0.2) is 5.96 Å². The normalized spacial score (nSPS) is 14.8. The first-order chi connectivity index (χ1) is 13.7. The minimum absolute atomic E-state index is 0. The number of carbonyl (C=O) groups excluding carboxylic acids is 1. The number of nitrogens with one attached hydrogen (secondary N) is 2. The number of para-hydroxylation sites is 1. The summed E-state index contributed by atoms with van der Waals surface area (Å²) in [5.74, 6) is 0.752. The second kappa shape index (κ2) is 11.6. The zero-order valence-corrected chi connectivity index (χ0v) is 19.2. The van der Waals surface area contributed by atoms with Crippen LogP contribution >= 0.6 is 24.0 Å². The van der Waals surface area contributed by atoms with Gasteiger partial charge in [-0.2, -0.15) is 5.10 Å². The summed E-state index contributed by atoms with van der Waals surface area (Å²) < 4.78 is 6.92. The molecule has 1 saturated heterocycles. The van der Waals surface area contributed by atoms with Crippen molar-refractivity contribution in [2.75, 3.05) is 26.7 Å². The highest BCUT2D eigenvalue weighted by molar-refractivity contribution is 14.0. The molecule has 158 valence electrons. The van der Waals surface area contributed by atoms with E-state index in [4.69, 9.17) is 4.74 Å². The molecular weight excluding hydrogens is 483 g/mol. The lowest BCUT2D eigenvalue weighted by Crippen LogP contribution is -2.49. The topological polar surface area (TPSA) is 83.8 Å². The number of hydrogen-bond acceptors (Lipinski definition) is 4. The third-order valence-electron chi connectivity index (χ3n) is 4.70. The molecule has 0 bridgehead atoms. The fourth-order valence-corrected chi connectivity index (χ4v) is 3.17. The first-order valence-electron chi connectivity index (χ1n) is 9.67. The number of guanidine groups is 1. The van der Waals surface area contributed by atoms with Crippen LogP contribution in [0.1, 0.15) is 25.3 Å². The van der Waals surface area contributed by atoms with E-state index in [0.717, 1.165) is 30.1 Å². The van der Waals surface area contributed by atoms with E-state index in [1.807, 2.05) is 54.3 Å². The first-order valence-corrected chi connectivity index (χ1v) is 9.67. The Balaban J connectivity index is 0.00000300. The SMILES string of the molecule is CCOC(=O)N1CCC(NC(=NC)NCc2cnn(-c3ccccc3)c2)CC1.I. The molecule has 2 aromatic rings. The number of likely N-dealkylation sites (tertiary alicyclic amines) is 1. The summed E-state index contributed by atoms with van der Waals surface area (Å²) in [6, 6.07) is 10.3. The number of amides is 1. The van der Waals surface area contributed by atoms with Crippen molar-refractivity contribution in [1.29, 1.82) is 0 Å². The first kappa shape index (κ1) is 23.0. The Kier molecular flexibility index (Phi) is 9.23. The van der Waals surface area contributed by atoms with E-state index in [2.05, 4.69) is 20.7 Å². The summed E-state index contributed by atoms with van der Waals surface area (Å²) in [7, 11) is 1.76. The summed E-state index contributed by atoms with van der Waals surface area (Å²) in [4.78, 5) is 17.9. The highest BCUT2D eigenvalue weighted by Crippen LogP contribution is 2.12. The van der Waals surface area contributed by atoms with Crippen molar-refractivity contribution in [3.8, 4) is 5.69 Å². The number of rotatable bonds is 5. The summed E-state index contributed by atoms with van der Waals surface area (Å²) >= 11 is 0. The average Bonchev–Trinajstić information content (AvgIpc) is 3.21. The summed E-state index contributed by atoms with van der Waals surface area (Å²) in [5.41, 5.74) is 2.11. The van der Waals surface area contributed by atoms with Crippen molar-refractivity contribution in [3.05, 3.63) is 48.3 Å². The summed E-state index contributed by atoms with van der Waals surface area (Å²) in [6.45, 7) is 4.25. The van der Waals surface area contributed by atoms with Gasteiger partial charge < -0.3 is 20.3 Å². The van der Waals surface area contributed by atoms with Crippen LogP contribution in [0.2, 0.25) is 0 Å². The minimum Gasteiger partial charge on any atom is -0.450 e. The van der Waals surface area contributed by atoms with Gasteiger partial charge in [-0.15, -0.1) is 24.0 Å². The van der Waals surface area contributed by atoms with E-state index in [1.54, 1.807) is 11.9 Å². The molecule has 3 rings (SSSR count). The van der Waals surface area contributed by atoms with Gasteiger partial charge in [0.2, 0.25) is 0 Å². The van der Waals surface area contributed by atoms with Crippen molar-refractivity contribution >= 4 is 36.0 Å². The maximum absolute atomic E-state index is 11.8. The van der Waals surface area contributed by atoms with Crippen LogP contribution in [0, 0.1) is 0 Å². The van der Waals surface area contributed by atoms with Gasteiger partial charge in [-0.1, -0.05) is 18.2 Å². The van der Waals surface area contributed by atoms with Gasteiger partial charge in [0.25, 0.3) is 0 Å². The quantitative estimate of drug-likeness (QED) is 0.366. The molecule has 2 N–H and O–H groups in total. The van der Waals surface area contributed by atoms with Crippen molar-refractivity contribution in [2.45, 2.75) is 32.4 Å². The smallest absolute Gasteiger partial charge is 0.409 e. The van der Waals surface area contributed by atoms with Gasteiger partial charge in [-0.25, -0.2) is 9.48 Å². The van der Waals surface area contributed by atoms with Gasteiger partial charge in [0, 0.05) is 44.5 Å². The molecule has 8 nitrogen and oxygen atoms in total. The lowest BCUT2D eigenvalue weighted by molar-refractivity contribution is 0.0963. The number of carbonyl (C=O) groups is 1. The van der Waals surface area contributed by atoms with Crippen LogP contribution in [0.25, 0.3) is 5.69 Å². The highest BCUT2D eigenvalue weighted by Gasteiger charge is 2.24. The van der Waals surface area contributed by atoms with Gasteiger partial charge >= 0.3 is 6.09 Å². The number of benzene rings is 1. The van der Waals surface area contributed by atoms with Gasteiger partial charge in [-0.3, -0.25) is 4.99 Å². The van der Waals surface area contributed by atoms with Crippen LogP contribution in [-0.2, 0) is 11.3 Å². The summed E-state index contributed by atoms with van der Waals surface area (Å²) in [6.07, 6.45) is 5.37.